The maximum atomic E-state index is 12.3. The summed E-state index contributed by atoms with van der Waals surface area (Å²) in [6.45, 7) is 0. The van der Waals surface area contributed by atoms with E-state index in [1.165, 1.54) is 38.5 Å². The molecule has 0 spiro atoms. The van der Waals surface area contributed by atoms with Gasteiger partial charge in [-0.2, -0.15) is 0 Å². The number of hydrogen-bond donors (Lipinski definition) is 1. The molecule has 132 valence electrons. The highest BCUT2D eigenvalue weighted by molar-refractivity contribution is 5.76. The molecule has 2 saturated carbocycles. The van der Waals surface area contributed by atoms with Crippen LogP contribution >= 0.6 is 0 Å². The van der Waals surface area contributed by atoms with Gasteiger partial charge >= 0.3 is 0 Å². The number of para-hydroxylation sites is 1. The molecule has 4 rings (SSSR count). The highest BCUT2D eigenvalue weighted by Crippen LogP contribution is 2.44. The van der Waals surface area contributed by atoms with Gasteiger partial charge in [-0.1, -0.05) is 50.3 Å². The number of hydrogen-bond acceptors (Lipinski definition) is 3. The second-order valence-electron chi connectivity index (χ2n) is 7.42. The fourth-order valence-electron chi connectivity index (χ4n) is 4.20. The first-order valence-electron chi connectivity index (χ1n) is 9.55. The topological polar surface area (TPSA) is 59.8 Å². The van der Waals surface area contributed by atoms with Crippen molar-refractivity contribution >= 4 is 5.91 Å². The molecule has 1 heterocycles. The van der Waals surface area contributed by atoms with Crippen molar-refractivity contribution in [1.29, 1.82) is 0 Å². The summed E-state index contributed by atoms with van der Waals surface area (Å²) < 4.78 is 1.95. The summed E-state index contributed by atoms with van der Waals surface area (Å²) in [5, 5.41) is 11.4. The molecule has 1 aromatic heterocycles. The lowest BCUT2D eigenvalue weighted by molar-refractivity contribution is -0.121. The van der Waals surface area contributed by atoms with Crippen molar-refractivity contribution < 1.29 is 4.79 Å². The van der Waals surface area contributed by atoms with Crippen molar-refractivity contribution in [2.24, 2.45) is 11.8 Å². The van der Waals surface area contributed by atoms with Gasteiger partial charge in [0.05, 0.1) is 0 Å². The van der Waals surface area contributed by atoms with Crippen LogP contribution in [0.1, 0.15) is 50.8 Å². The molecule has 25 heavy (non-hydrogen) atoms. The first-order valence-corrected chi connectivity index (χ1v) is 9.55. The Morgan fingerprint density at radius 2 is 1.96 bits per heavy atom. The number of aryl methyl sites for hydroxylation is 1. The van der Waals surface area contributed by atoms with E-state index >= 15 is 0 Å². The normalized spacial score (nSPS) is 23.4. The summed E-state index contributed by atoms with van der Waals surface area (Å²) in [5.74, 6) is 2.56. The summed E-state index contributed by atoms with van der Waals surface area (Å²) in [6.07, 6.45) is 10.8. The summed E-state index contributed by atoms with van der Waals surface area (Å²) in [7, 11) is 0. The summed E-state index contributed by atoms with van der Waals surface area (Å²) in [5.41, 5.74) is 1.03. The Balaban J connectivity index is 1.27. The zero-order chi connectivity index (χ0) is 17.1. The summed E-state index contributed by atoms with van der Waals surface area (Å²) in [4.78, 5) is 12.3. The highest BCUT2D eigenvalue weighted by atomic mass is 16.1. The molecule has 2 aliphatic rings. The van der Waals surface area contributed by atoms with Gasteiger partial charge in [0.1, 0.15) is 12.2 Å². The maximum Gasteiger partial charge on any atom is 0.220 e. The van der Waals surface area contributed by atoms with Gasteiger partial charge in [0, 0.05) is 24.6 Å². The van der Waals surface area contributed by atoms with E-state index in [0.29, 0.717) is 18.9 Å². The van der Waals surface area contributed by atoms with E-state index in [4.69, 9.17) is 0 Å². The zero-order valence-electron chi connectivity index (χ0n) is 14.6. The van der Waals surface area contributed by atoms with Crippen LogP contribution in [0, 0.1) is 11.8 Å². The maximum absolute atomic E-state index is 12.3. The number of nitrogens with zero attached hydrogens (tertiary/aromatic N) is 3. The molecule has 2 aliphatic carbocycles. The third-order valence-corrected chi connectivity index (χ3v) is 5.67. The van der Waals surface area contributed by atoms with Crippen molar-refractivity contribution in [2.75, 3.05) is 0 Å². The van der Waals surface area contributed by atoms with Crippen LogP contribution in [0.3, 0.4) is 0 Å². The molecular weight excluding hydrogens is 312 g/mol. The van der Waals surface area contributed by atoms with E-state index in [0.717, 1.165) is 23.3 Å². The molecule has 1 N–H and O–H groups in total. The summed E-state index contributed by atoms with van der Waals surface area (Å²) in [6, 6.07) is 10.4. The average Bonchev–Trinajstić information content (AvgIpc) is 3.26. The number of rotatable bonds is 6. The van der Waals surface area contributed by atoms with Crippen LogP contribution in [-0.2, 0) is 11.2 Å². The second-order valence-corrected chi connectivity index (χ2v) is 7.42. The molecule has 5 nitrogen and oxygen atoms in total. The molecule has 2 aromatic rings. The minimum Gasteiger partial charge on any atom is -0.353 e. The lowest BCUT2D eigenvalue weighted by Crippen LogP contribution is -2.28. The molecule has 0 bridgehead atoms. The number of amides is 1. The Morgan fingerprint density at radius 3 is 2.76 bits per heavy atom. The van der Waals surface area contributed by atoms with Crippen molar-refractivity contribution in [3.8, 4) is 5.69 Å². The standard InChI is InChI=1S/C20H26N4O/c25-20(22-18-13-17(18)15-7-3-1-4-8-15)12-11-19-23-21-14-24(19)16-9-5-2-6-10-16/h2,5-6,9-10,14-15,17-18H,1,3-4,7-8,11-13H2,(H,22,25)/t17-,18+/m0/s1. The van der Waals surface area contributed by atoms with Gasteiger partial charge in [-0.25, -0.2) is 0 Å². The van der Waals surface area contributed by atoms with Crippen LogP contribution in [0.5, 0.6) is 0 Å². The van der Waals surface area contributed by atoms with Gasteiger partial charge in [-0.05, 0) is 30.4 Å². The van der Waals surface area contributed by atoms with Gasteiger partial charge in [-0.15, -0.1) is 10.2 Å². The number of benzene rings is 1. The van der Waals surface area contributed by atoms with Gasteiger partial charge in [0.2, 0.25) is 5.91 Å². The molecule has 0 unspecified atom stereocenters. The van der Waals surface area contributed by atoms with Crippen LogP contribution in [0.4, 0.5) is 0 Å². The Kier molecular flexibility index (Phi) is 4.81. The minimum absolute atomic E-state index is 0.144. The van der Waals surface area contributed by atoms with E-state index in [9.17, 15) is 4.79 Å². The van der Waals surface area contributed by atoms with E-state index < -0.39 is 0 Å². The number of carbonyl (C=O) groups is 1. The second kappa shape index (κ2) is 7.38. The third kappa shape index (κ3) is 3.91. The molecule has 2 atom stereocenters. The zero-order valence-corrected chi connectivity index (χ0v) is 14.6. The van der Waals surface area contributed by atoms with Crippen LogP contribution < -0.4 is 5.32 Å². The van der Waals surface area contributed by atoms with E-state index in [-0.39, 0.29) is 5.91 Å². The summed E-state index contributed by atoms with van der Waals surface area (Å²) >= 11 is 0. The molecule has 0 radical (unpaired) electrons. The number of nitrogens with one attached hydrogen (secondary N) is 1. The highest BCUT2D eigenvalue weighted by Gasteiger charge is 2.43. The van der Waals surface area contributed by atoms with E-state index in [2.05, 4.69) is 15.5 Å². The third-order valence-electron chi connectivity index (χ3n) is 5.67. The molecule has 1 aromatic carbocycles. The van der Waals surface area contributed by atoms with Crippen molar-refractivity contribution in [1.82, 2.24) is 20.1 Å². The minimum atomic E-state index is 0.144. The Labute approximate surface area is 148 Å². The SMILES string of the molecule is O=C(CCc1nncn1-c1ccccc1)N[C@@H]1C[C@H]1C1CCCCC1. The smallest absolute Gasteiger partial charge is 0.220 e. The fraction of sp³-hybridized carbons (Fsp3) is 0.550. The van der Waals surface area contributed by atoms with E-state index in [1.807, 2.05) is 34.9 Å². The first kappa shape index (κ1) is 16.3. The van der Waals surface area contributed by atoms with Gasteiger partial charge in [-0.3, -0.25) is 9.36 Å². The Bertz CT molecular complexity index is 705. The predicted molar refractivity (Wildman–Crippen MR) is 96.3 cm³/mol. The van der Waals surface area contributed by atoms with Gasteiger partial charge < -0.3 is 5.32 Å². The monoisotopic (exact) mass is 338 g/mol. The largest absolute Gasteiger partial charge is 0.353 e. The van der Waals surface area contributed by atoms with Crippen molar-refractivity contribution in [3.63, 3.8) is 0 Å². The quantitative estimate of drug-likeness (QED) is 0.879. The lowest BCUT2D eigenvalue weighted by Gasteiger charge is -2.21. The van der Waals surface area contributed by atoms with Gasteiger partial charge in [0.15, 0.2) is 0 Å². The van der Waals surface area contributed by atoms with Crippen LogP contribution in [0.15, 0.2) is 36.7 Å². The lowest BCUT2D eigenvalue weighted by atomic mass is 9.85. The van der Waals surface area contributed by atoms with Crippen molar-refractivity contribution in [3.05, 3.63) is 42.5 Å². The Morgan fingerprint density at radius 1 is 1.16 bits per heavy atom. The first-order chi connectivity index (χ1) is 12.3. The molecule has 2 fully saturated rings. The molecular formula is C20H26N4O. The molecule has 5 heteroatoms. The van der Waals surface area contributed by atoms with E-state index in [1.54, 1.807) is 6.33 Å². The van der Waals surface area contributed by atoms with Crippen LogP contribution in [-0.4, -0.2) is 26.7 Å². The Hall–Kier alpha value is -2.17. The average molecular weight is 338 g/mol. The van der Waals surface area contributed by atoms with Crippen LogP contribution in [0.2, 0.25) is 0 Å². The van der Waals surface area contributed by atoms with Crippen molar-refractivity contribution in [2.45, 2.75) is 57.4 Å². The molecule has 0 aliphatic heterocycles. The van der Waals surface area contributed by atoms with Crippen LogP contribution in [0.25, 0.3) is 5.69 Å². The fourth-order valence-corrected chi connectivity index (χ4v) is 4.20. The molecule has 0 saturated heterocycles. The molecule has 1 amide bonds. The van der Waals surface area contributed by atoms with Gasteiger partial charge in [0.25, 0.3) is 0 Å². The number of aromatic nitrogens is 3. The number of carbonyl (C=O) groups excluding carboxylic acids is 1. The predicted octanol–water partition coefficient (Wildman–Crippen LogP) is 3.28.